The molecule has 0 N–H and O–H groups in total. The smallest absolute Gasteiger partial charge is 0.240 e. The molecule has 1 fully saturated rings. The minimum absolute atomic E-state index is 0. The number of benzene rings is 2. The molecule has 1 aliphatic carbocycles. The van der Waals surface area contributed by atoms with E-state index in [-0.39, 0.29) is 24.1 Å². The number of likely N-dealkylation sites (N-methyl/N-ethyl adjacent to an activating group) is 2. The largest absolute Gasteiger partial charge is 0.314 e. The minimum atomic E-state index is -0.257. The summed E-state index contributed by atoms with van der Waals surface area (Å²) in [6.07, 6.45) is 2.28. The van der Waals surface area contributed by atoms with E-state index in [2.05, 4.69) is 11.8 Å². The van der Waals surface area contributed by atoms with E-state index in [1.165, 1.54) is 4.90 Å². The Morgan fingerprint density at radius 3 is 2.36 bits per heavy atom. The van der Waals surface area contributed by atoms with Gasteiger partial charge >= 0.3 is 0 Å². The van der Waals surface area contributed by atoms with Gasteiger partial charge in [-0.1, -0.05) is 42.3 Å². The van der Waals surface area contributed by atoms with Gasteiger partial charge in [0.25, 0.3) is 0 Å². The molecule has 0 heterocycles. The van der Waals surface area contributed by atoms with Crippen LogP contribution in [0.1, 0.15) is 35.7 Å². The fourth-order valence-electron chi connectivity index (χ4n) is 3.13. The van der Waals surface area contributed by atoms with Crippen molar-refractivity contribution in [3.63, 3.8) is 0 Å². The first-order chi connectivity index (χ1) is 12.9. The summed E-state index contributed by atoms with van der Waals surface area (Å²) in [7, 11) is 1.69. The predicted molar refractivity (Wildman–Crippen MR) is 117 cm³/mol. The molecule has 0 unspecified atom stereocenters. The quantitative estimate of drug-likeness (QED) is 0.562. The van der Waals surface area contributed by atoms with Crippen molar-refractivity contribution in [1.29, 1.82) is 0 Å². The number of halogens is 3. The highest BCUT2D eigenvalue weighted by molar-refractivity contribution is 6.36. The number of amides is 1. The predicted octanol–water partition coefficient (Wildman–Crippen LogP) is 5.09. The van der Waals surface area contributed by atoms with Crippen LogP contribution in [0.4, 0.5) is 5.69 Å². The lowest BCUT2D eigenvalue weighted by molar-refractivity contribution is -0.119. The lowest BCUT2D eigenvalue weighted by Crippen LogP contribution is -2.40. The number of carbonyl (C=O) groups excluding carboxylic acids is 2. The Labute approximate surface area is 181 Å². The third-order valence-corrected chi connectivity index (χ3v) is 5.43. The molecule has 0 aliphatic heterocycles. The fourth-order valence-corrected chi connectivity index (χ4v) is 3.52. The Bertz CT molecular complexity index is 868. The highest BCUT2D eigenvalue weighted by Gasteiger charge is 2.30. The van der Waals surface area contributed by atoms with E-state index in [9.17, 15) is 9.59 Å². The van der Waals surface area contributed by atoms with E-state index < -0.39 is 0 Å². The van der Waals surface area contributed by atoms with Crippen molar-refractivity contribution < 1.29 is 9.59 Å². The van der Waals surface area contributed by atoms with Gasteiger partial charge in [-0.2, -0.15) is 0 Å². The van der Waals surface area contributed by atoms with Gasteiger partial charge in [0.15, 0.2) is 5.78 Å². The topological polar surface area (TPSA) is 40.6 Å². The first-order valence-corrected chi connectivity index (χ1v) is 9.77. The van der Waals surface area contributed by atoms with Crippen LogP contribution in [0.15, 0.2) is 42.5 Å². The molecule has 0 spiro atoms. The minimum Gasteiger partial charge on any atom is -0.314 e. The summed E-state index contributed by atoms with van der Waals surface area (Å²) in [6, 6.07) is 12.3. The van der Waals surface area contributed by atoms with Crippen LogP contribution in [0, 0.1) is 0 Å². The van der Waals surface area contributed by atoms with Gasteiger partial charge in [-0.3, -0.25) is 14.5 Å². The molecule has 7 heteroatoms. The zero-order valence-corrected chi connectivity index (χ0v) is 18.2. The Hall–Kier alpha value is -1.59. The molecular formula is C21H23Cl3N2O2. The van der Waals surface area contributed by atoms with Crippen molar-refractivity contribution in [2.75, 3.05) is 25.0 Å². The van der Waals surface area contributed by atoms with Crippen LogP contribution in [0.3, 0.4) is 0 Å². The summed E-state index contributed by atoms with van der Waals surface area (Å²) < 4.78 is 0. The van der Waals surface area contributed by atoms with Gasteiger partial charge in [0, 0.05) is 29.2 Å². The summed E-state index contributed by atoms with van der Waals surface area (Å²) in [5, 5.41) is 0.802. The zero-order valence-electron chi connectivity index (χ0n) is 15.8. The number of hydrogen-bond acceptors (Lipinski definition) is 3. The van der Waals surface area contributed by atoms with Gasteiger partial charge in [0.05, 0.1) is 17.3 Å². The van der Waals surface area contributed by atoms with E-state index in [0.29, 0.717) is 39.4 Å². The zero-order chi connectivity index (χ0) is 19.6. The monoisotopic (exact) mass is 440 g/mol. The van der Waals surface area contributed by atoms with E-state index >= 15 is 0 Å². The Morgan fingerprint density at radius 1 is 1.07 bits per heavy atom. The SMILES string of the molecule is CCN(CC(=O)N(C)c1ccc(Cl)cc1C(=O)c1ccccc1Cl)C1CC1.Cl. The molecule has 4 nitrogen and oxygen atoms in total. The number of anilines is 1. The number of rotatable bonds is 7. The van der Waals surface area contributed by atoms with Crippen LogP contribution >= 0.6 is 35.6 Å². The maximum Gasteiger partial charge on any atom is 0.240 e. The fraction of sp³-hybridized carbons (Fsp3) is 0.333. The van der Waals surface area contributed by atoms with Crippen molar-refractivity contribution in [3.8, 4) is 0 Å². The number of ketones is 1. The number of carbonyl (C=O) groups is 2. The normalized spacial score (nSPS) is 13.2. The average molecular weight is 442 g/mol. The van der Waals surface area contributed by atoms with E-state index in [1.807, 2.05) is 0 Å². The molecule has 1 saturated carbocycles. The third-order valence-electron chi connectivity index (χ3n) is 4.86. The maximum absolute atomic E-state index is 13.1. The van der Waals surface area contributed by atoms with Crippen LogP contribution in [-0.2, 0) is 4.79 Å². The molecule has 0 aromatic heterocycles. The molecule has 0 bridgehead atoms. The van der Waals surface area contributed by atoms with Crippen molar-refractivity contribution in [1.82, 2.24) is 4.90 Å². The summed E-state index contributed by atoms with van der Waals surface area (Å²) in [5.74, 6) is -0.313. The van der Waals surface area contributed by atoms with Crippen LogP contribution in [0.25, 0.3) is 0 Å². The molecular weight excluding hydrogens is 419 g/mol. The van der Waals surface area contributed by atoms with Crippen molar-refractivity contribution >= 4 is 53.0 Å². The lowest BCUT2D eigenvalue weighted by Gasteiger charge is -2.25. The van der Waals surface area contributed by atoms with Gasteiger partial charge in [-0.05, 0) is 49.7 Å². The van der Waals surface area contributed by atoms with Crippen molar-refractivity contribution in [3.05, 3.63) is 63.6 Å². The third kappa shape index (κ3) is 5.06. The highest BCUT2D eigenvalue weighted by Crippen LogP contribution is 2.30. The van der Waals surface area contributed by atoms with Crippen LogP contribution in [0.5, 0.6) is 0 Å². The second-order valence-electron chi connectivity index (χ2n) is 6.72. The van der Waals surface area contributed by atoms with E-state index in [0.717, 1.165) is 19.4 Å². The summed E-state index contributed by atoms with van der Waals surface area (Å²) in [4.78, 5) is 29.6. The maximum atomic E-state index is 13.1. The summed E-state index contributed by atoms with van der Waals surface area (Å²) in [6.45, 7) is 3.22. The van der Waals surface area contributed by atoms with Gasteiger partial charge in [-0.15, -0.1) is 12.4 Å². The van der Waals surface area contributed by atoms with Gasteiger partial charge in [0.2, 0.25) is 5.91 Å². The lowest BCUT2D eigenvalue weighted by atomic mass is 10.0. The molecule has 1 amide bonds. The first kappa shape index (κ1) is 22.7. The number of nitrogens with zero attached hydrogens (tertiary/aromatic N) is 2. The van der Waals surface area contributed by atoms with Gasteiger partial charge in [-0.25, -0.2) is 0 Å². The average Bonchev–Trinajstić information content (AvgIpc) is 3.50. The summed E-state index contributed by atoms with van der Waals surface area (Å²) in [5.41, 5.74) is 1.28. The van der Waals surface area contributed by atoms with Crippen molar-refractivity contribution in [2.24, 2.45) is 0 Å². The molecule has 28 heavy (non-hydrogen) atoms. The highest BCUT2D eigenvalue weighted by atomic mass is 35.5. The second-order valence-corrected chi connectivity index (χ2v) is 7.56. The Kier molecular flexibility index (Phi) is 7.90. The van der Waals surface area contributed by atoms with E-state index in [4.69, 9.17) is 23.2 Å². The molecule has 150 valence electrons. The molecule has 0 radical (unpaired) electrons. The van der Waals surface area contributed by atoms with Gasteiger partial charge < -0.3 is 4.90 Å². The summed E-state index contributed by atoms with van der Waals surface area (Å²) >= 11 is 12.3. The molecule has 1 aliphatic rings. The van der Waals surface area contributed by atoms with Gasteiger partial charge in [0.1, 0.15) is 0 Å². The molecule has 0 saturated heterocycles. The number of hydrogen-bond donors (Lipinski definition) is 0. The van der Waals surface area contributed by atoms with Crippen LogP contribution in [-0.4, -0.2) is 42.8 Å². The standard InChI is InChI=1S/C21H22Cl2N2O2.ClH/c1-3-25(15-9-10-15)13-20(26)24(2)19-11-8-14(22)12-17(19)21(27)16-6-4-5-7-18(16)23;/h4-8,11-12,15H,3,9-10,13H2,1-2H3;1H. The molecule has 2 aromatic rings. The Balaban J connectivity index is 0.00000280. The van der Waals surface area contributed by atoms with Crippen LogP contribution < -0.4 is 4.90 Å². The Morgan fingerprint density at radius 2 is 1.75 bits per heavy atom. The first-order valence-electron chi connectivity index (χ1n) is 9.01. The van der Waals surface area contributed by atoms with Crippen molar-refractivity contribution in [2.45, 2.75) is 25.8 Å². The molecule has 0 atom stereocenters. The molecule has 2 aromatic carbocycles. The second kappa shape index (κ2) is 9.75. The van der Waals surface area contributed by atoms with E-state index in [1.54, 1.807) is 49.5 Å². The van der Waals surface area contributed by atoms with Crippen LogP contribution in [0.2, 0.25) is 10.0 Å². The molecule has 3 rings (SSSR count).